The zero-order valence-electron chi connectivity index (χ0n) is 36.6. The minimum atomic E-state index is 0.820. The fourth-order valence-corrected chi connectivity index (χ4v) is 7.83. The molecule has 57 heavy (non-hydrogen) atoms. The van der Waals surface area contributed by atoms with Crippen LogP contribution in [0, 0.1) is 0 Å². The molecule has 4 aromatic rings. The van der Waals surface area contributed by atoms with Gasteiger partial charge in [-0.05, 0) is 48.2 Å². The molecule has 0 aliphatic carbocycles. The quantitative estimate of drug-likeness (QED) is 0.0340. The number of benzene rings is 2. The van der Waals surface area contributed by atoms with E-state index in [1.54, 1.807) is 0 Å². The Bertz CT molecular complexity index is 1390. The molecule has 6 heteroatoms. The molecule has 0 N–H and O–H groups in total. The second-order valence-electron chi connectivity index (χ2n) is 16.8. The molecule has 2 aromatic carbocycles. The van der Waals surface area contributed by atoms with Gasteiger partial charge in [0.2, 0.25) is 12.7 Å². The van der Waals surface area contributed by atoms with Gasteiger partial charge in [-0.1, -0.05) is 179 Å². The first-order valence-electron chi connectivity index (χ1n) is 23.7. The summed E-state index contributed by atoms with van der Waals surface area (Å²) in [5, 5.41) is 0. The average Bonchev–Trinajstić information content (AvgIpc) is 3.88. The minimum absolute atomic E-state index is 0.820. The summed E-state index contributed by atoms with van der Waals surface area (Å²) in [7, 11) is 0. The molecule has 0 unspecified atom stereocenters. The van der Waals surface area contributed by atoms with Crippen molar-refractivity contribution < 1.29 is 18.6 Å². The van der Waals surface area contributed by atoms with Gasteiger partial charge in [0, 0.05) is 6.42 Å². The monoisotopic (exact) mass is 783 g/mol. The molecular weight excluding hydrogens is 701 g/mol. The van der Waals surface area contributed by atoms with Crippen LogP contribution in [0.15, 0.2) is 86.0 Å². The van der Waals surface area contributed by atoms with Crippen LogP contribution in [-0.2, 0) is 26.2 Å². The van der Waals surface area contributed by atoms with Gasteiger partial charge in [-0.3, -0.25) is 0 Å². The molecule has 2 heterocycles. The molecule has 0 aliphatic heterocycles. The lowest BCUT2D eigenvalue weighted by Gasteiger charge is -2.07. The highest BCUT2D eigenvalue weighted by Crippen LogP contribution is 2.17. The van der Waals surface area contributed by atoms with E-state index in [4.69, 9.17) is 9.47 Å². The maximum atomic E-state index is 6.04. The van der Waals surface area contributed by atoms with Crippen LogP contribution in [0.1, 0.15) is 185 Å². The molecule has 0 saturated carbocycles. The number of rotatable bonds is 36. The summed E-state index contributed by atoms with van der Waals surface area (Å²) < 4.78 is 21.2. The van der Waals surface area contributed by atoms with Crippen molar-refractivity contribution in [2.75, 3.05) is 13.2 Å². The van der Waals surface area contributed by atoms with Crippen molar-refractivity contribution in [3.63, 3.8) is 0 Å². The van der Waals surface area contributed by atoms with Gasteiger partial charge in [0.25, 0.3) is 0 Å². The number of ether oxygens (including phenoxy) is 2. The van der Waals surface area contributed by atoms with Gasteiger partial charge in [-0.15, -0.1) is 0 Å². The normalized spacial score (nSPS) is 11.4. The lowest BCUT2D eigenvalue weighted by molar-refractivity contribution is -0.687. The maximum Gasteiger partial charge on any atom is 0.244 e. The van der Waals surface area contributed by atoms with Crippen LogP contribution in [-0.4, -0.2) is 22.3 Å². The lowest BCUT2D eigenvalue weighted by Crippen LogP contribution is -2.31. The Morgan fingerprint density at radius 3 is 1.04 bits per heavy atom. The van der Waals surface area contributed by atoms with Crippen LogP contribution in [0.25, 0.3) is 0 Å². The highest BCUT2D eigenvalue weighted by molar-refractivity contribution is 5.27. The van der Waals surface area contributed by atoms with Crippen molar-refractivity contribution in [1.29, 1.82) is 0 Å². The summed E-state index contributed by atoms with van der Waals surface area (Å²) in [6.45, 7) is 9.96. The summed E-state index contributed by atoms with van der Waals surface area (Å²) in [6.07, 6.45) is 47.1. The van der Waals surface area contributed by atoms with E-state index in [0.29, 0.717) is 0 Å². The topological polar surface area (TPSA) is 36.1 Å². The summed E-state index contributed by atoms with van der Waals surface area (Å²) in [5.41, 5.74) is 2.59. The van der Waals surface area contributed by atoms with E-state index >= 15 is 0 Å². The third-order valence-electron chi connectivity index (χ3n) is 11.4. The molecule has 0 fully saturated rings. The smallest absolute Gasteiger partial charge is 0.244 e. The molecule has 0 atom stereocenters. The van der Waals surface area contributed by atoms with Crippen LogP contribution in [0.2, 0.25) is 0 Å². The lowest BCUT2D eigenvalue weighted by atomic mass is 10.1. The maximum absolute atomic E-state index is 6.04. The third-order valence-corrected chi connectivity index (χ3v) is 11.4. The van der Waals surface area contributed by atoms with Gasteiger partial charge in [0.05, 0.1) is 26.3 Å². The first-order chi connectivity index (χ1) is 28.2. The summed E-state index contributed by atoms with van der Waals surface area (Å²) >= 11 is 0. The first kappa shape index (κ1) is 46.2. The third kappa shape index (κ3) is 21.7. The van der Waals surface area contributed by atoms with Crippen molar-refractivity contribution in [1.82, 2.24) is 9.13 Å². The molecule has 0 spiro atoms. The van der Waals surface area contributed by atoms with Crippen molar-refractivity contribution in [2.24, 2.45) is 0 Å². The van der Waals surface area contributed by atoms with Crippen LogP contribution in [0.5, 0.6) is 11.5 Å². The predicted molar refractivity (Wildman–Crippen MR) is 238 cm³/mol. The second kappa shape index (κ2) is 30.5. The van der Waals surface area contributed by atoms with E-state index in [9.17, 15) is 0 Å². The predicted octanol–water partition coefficient (Wildman–Crippen LogP) is 13.2. The van der Waals surface area contributed by atoms with Crippen LogP contribution < -0.4 is 18.6 Å². The molecule has 4 rings (SSSR count). The van der Waals surface area contributed by atoms with E-state index in [-0.39, 0.29) is 0 Å². The Morgan fingerprint density at radius 1 is 0.386 bits per heavy atom. The van der Waals surface area contributed by atoms with Crippen LogP contribution in [0.4, 0.5) is 0 Å². The minimum Gasteiger partial charge on any atom is -0.494 e. The van der Waals surface area contributed by atoms with Gasteiger partial charge >= 0.3 is 0 Å². The number of aryl methyl sites for hydroxylation is 2. The number of imidazole rings is 2. The van der Waals surface area contributed by atoms with Crippen molar-refractivity contribution in [3.8, 4) is 11.5 Å². The molecule has 0 saturated heterocycles. The van der Waals surface area contributed by atoms with Gasteiger partial charge in [0.15, 0.2) is 0 Å². The first-order valence-corrected chi connectivity index (χ1v) is 23.7. The Hall–Kier alpha value is -3.54. The largest absolute Gasteiger partial charge is 0.494 e. The SMILES string of the molecule is CCCCCCCCCCCCCCOc1ccc(C[n+]2ccn(CCCn3cc[n+](Cc4ccc(OCCCCCCCCCCCCCC)cc4)c3)c2)cc1. The van der Waals surface area contributed by atoms with E-state index in [1.165, 1.54) is 152 Å². The van der Waals surface area contributed by atoms with Gasteiger partial charge < -0.3 is 9.47 Å². The fourth-order valence-electron chi connectivity index (χ4n) is 7.83. The number of hydrogen-bond donors (Lipinski definition) is 0. The summed E-state index contributed by atoms with van der Waals surface area (Å²) in [5.74, 6) is 1.97. The summed E-state index contributed by atoms with van der Waals surface area (Å²) in [4.78, 5) is 0. The fraction of sp³-hybridized carbons (Fsp3) is 0.647. The molecule has 316 valence electrons. The Balaban J connectivity index is 0.994. The van der Waals surface area contributed by atoms with Crippen LogP contribution in [0.3, 0.4) is 0 Å². The van der Waals surface area contributed by atoms with Crippen molar-refractivity contribution >= 4 is 0 Å². The summed E-state index contributed by atoms with van der Waals surface area (Å²) in [6, 6.07) is 17.3. The molecule has 0 bridgehead atoms. The molecular formula is C51H82N4O2+2. The van der Waals surface area contributed by atoms with E-state index in [1.807, 2.05) is 0 Å². The number of nitrogens with zero attached hydrogens (tertiary/aromatic N) is 4. The molecule has 0 aliphatic rings. The molecule has 0 amide bonds. The second-order valence-corrected chi connectivity index (χ2v) is 16.8. The van der Waals surface area contributed by atoms with Crippen molar-refractivity contribution in [3.05, 3.63) is 97.1 Å². The van der Waals surface area contributed by atoms with Crippen LogP contribution >= 0.6 is 0 Å². The van der Waals surface area contributed by atoms with E-state index < -0.39 is 0 Å². The van der Waals surface area contributed by atoms with Gasteiger partial charge in [-0.2, -0.15) is 0 Å². The Kier molecular flexibility index (Phi) is 24.7. The zero-order chi connectivity index (χ0) is 39.9. The molecule has 6 nitrogen and oxygen atoms in total. The van der Waals surface area contributed by atoms with Gasteiger partial charge in [0.1, 0.15) is 49.4 Å². The van der Waals surface area contributed by atoms with Crippen molar-refractivity contribution in [2.45, 2.75) is 201 Å². The number of hydrogen-bond acceptors (Lipinski definition) is 2. The Labute approximate surface area is 349 Å². The highest BCUT2D eigenvalue weighted by Gasteiger charge is 2.09. The zero-order valence-corrected chi connectivity index (χ0v) is 36.6. The Morgan fingerprint density at radius 2 is 0.702 bits per heavy atom. The van der Waals surface area contributed by atoms with Gasteiger partial charge in [-0.25, -0.2) is 18.3 Å². The number of unbranched alkanes of at least 4 members (excludes halogenated alkanes) is 22. The standard InChI is InChI=1S/C51H82N4O2/c1-3-5-7-9-11-13-15-17-19-21-23-25-42-56-50-32-28-48(29-33-50)44-54-40-38-52(46-54)36-27-37-53-39-41-55(47-53)45-49-30-34-51(35-31-49)57-43-26-24-22-20-18-16-14-12-10-8-6-4-2/h28-35,38-41,46-47H,3-27,36-37,42-45H2,1-2H3/q+2. The highest BCUT2D eigenvalue weighted by atomic mass is 16.5. The average molecular weight is 783 g/mol. The van der Waals surface area contributed by atoms with E-state index in [0.717, 1.165) is 70.2 Å². The molecule has 0 radical (unpaired) electrons. The van der Waals surface area contributed by atoms with E-state index in [2.05, 4.69) is 118 Å². The molecule has 2 aromatic heterocycles. The number of aromatic nitrogens is 4.